The van der Waals surface area contributed by atoms with Gasteiger partial charge in [0.15, 0.2) is 0 Å². The lowest BCUT2D eigenvalue weighted by Crippen LogP contribution is -2.36. The lowest BCUT2D eigenvalue weighted by atomic mass is 10.1. The van der Waals surface area contributed by atoms with Gasteiger partial charge in [-0.15, -0.1) is 11.3 Å². The van der Waals surface area contributed by atoms with Crippen LogP contribution in [0.3, 0.4) is 0 Å². The highest BCUT2D eigenvalue weighted by atomic mass is 35.5. The van der Waals surface area contributed by atoms with Crippen molar-refractivity contribution in [2.24, 2.45) is 0 Å². The number of ether oxygens (including phenoxy) is 1. The van der Waals surface area contributed by atoms with E-state index in [-0.39, 0.29) is 5.91 Å². The zero-order valence-electron chi connectivity index (χ0n) is 13.4. The van der Waals surface area contributed by atoms with Crippen LogP contribution in [0.2, 0.25) is 5.02 Å². The summed E-state index contributed by atoms with van der Waals surface area (Å²) in [6.07, 6.45) is 0. The van der Waals surface area contributed by atoms with Crippen LogP contribution < -0.4 is 10.2 Å². The first-order valence-corrected chi connectivity index (χ1v) is 9.23. The summed E-state index contributed by atoms with van der Waals surface area (Å²) in [7, 11) is 0. The molecule has 0 unspecified atom stereocenters. The summed E-state index contributed by atoms with van der Waals surface area (Å²) >= 11 is 7.67. The fraction of sp³-hybridized carbons (Fsp3) is 0.222. The maximum absolute atomic E-state index is 12.7. The van der Waals surface area contributed by atoms with Crippen LogP contribution in [0.5, 0.6) is 0 Å². The van der Waals surface area contributed by atoms with E-state index in [1.165, 1.54) is 11.3 Å². The lowest BCUT2D eigenvalue weighted by Gasteiger charge is -2.30. The molecule has 0 atom stereocenters. The average Bonchev–Trinajstić information content (AvgIpc) is 3.10. The van der Waals surface area contributed by atoms with Gasteiger partial charge in [0.1, 0.15) is 0 Å². The maximum atomic E-state index is 12.7. The van der Waals surface area contributed by atoms with E-state index >= 15 is 0 Å². The van der Waals surface area contributed by atoms with Gasteiger partial charge in [-0.3, -0.25) is 4.79 Å². The molecule has 1 saturated heterocycles. The first kappa shape index (κ1) is 16.3. The third kappa shape index (κ3) is 3.46. The molecule has 2 aromatic carbocycles. The third-order valence-corrected chi connectivity index (χ3v) is 5.18. The second kappa shape index (κ2) is 7.00. The first-order valence-electron chi connectivity index (χ1n) is 7.97. The van der Waals surface area contributed by atoms with Gasteiger partial charge in [-0.25, -0.2) is 4.98 Å². The molecule has 1 aliphatic heterocycles. The van der Waals surface area contributed by atoms with Gasteiger partial charge < -0.3 is 15.0 Å². The van der Waals surface area contributed by atoms with E-state index in [4.69, 9.17) is 16.3 Å². The molecule has 1 aromatic heterocycles. The first-order chi connectivity index (χ1) is 12.2. The van der Waals surface area contributed by atoms with Crippen LogP contribution >= 0.6 is 22.9 Å². The monoisotopic (exact) mass is 373 g/mol. The van der Waals surface area contributed by atoms with E-state index in [2.05, 4.69) is 15.2 Å². The molecular formula is C18H16ClN3O2S. The van der Waals surface area contributed by atoms with E-state index in [0.29, 0.717) is 29.5 Å². The Hall–Kier alpha value is -2.15. The number of halogens is 1. The smallest absolute Gasteiger partial charge is 0.255 e. The van der Waals surface area contributed by atoms with Gasteiger partial charge in [0.2, 0.25) is 0 Å². The Morgan fingerprint density at radius 2 is 2.04 bits per heavy atom. The Balaban J connectivity index is 1.62. The normalized spacial score (nSPS) is 14.7. The molecule has 0 bridgehead atoms. The molecule has 4 rings (SSSR count). The molecule has 25 heavy (non-hydrogen) atoms. The summed E-state index contributed by atoms with van der Waals surface area (Å²) in [5, 5.41) is 3.59. The molecule has 1 fully saturated rings. The molecule has 2 heterocycles. The second-order valence-electron chi connectivity index (χ2n) is 5.75. The SMILES string of the molecule is O=C(Nc1cc(Cl)ccc1N1CCOCC1)c1ccc2ncsc2c1. The number of carbonyl (C=O) groups excluding carboxylic acids is 1. The quantitative estimate of drug-likeness (QED) is 0.752. The summed E-state index contributed by atoms with van der Waals surface area (Å²) in [4.78, 5) is 19.1. The maximum Gasteiger partial charge on any atom is 0.255 e. The fourth-order valence-corrected chi connectivity index (χ4v) is 3.77. The number of benzene rings is 2. The Bertz CT molecular complexity index is 922. The van der Waals surface area contributed by atoms with Gasteiger partial charge in [0.05, 0.1) is 40.3 Å². The molecule has 5 nitrogen and oxygen atoms in total. The van der Waals surface area contributed by atoms with Crippen molar-refractivity contribution in [1.29, 1.82) is 0 Å². The van der Waals surface area contributed by atoms with Crippen molar-refractivity contribution >= 4 is 50.4 Å². The highest BCUT2D eigenvalue weighted by molar-refractivity contribution is 7.16. The highest BCUT2D eigenvalue weighted by Gasteiger charge is 2.17. The number of rotatable bonds is 3. The molecule has 128 valence electrons. The molecule has 7 heteroatoms. The van der Waals surface area contributed by atoms with Crippen molar-refractivity contribution in [3.05, 3.63) is 52.5 Å². The minimum Gasteiger partial charge on any atom is -0.378 e. The molecule has 1 N–H and O–H groups in total. The fourth-order valence-electron chi connectivity index (χ4n) is 2.88. The van der Waals surface area contributed by atoms with Crippen LogP contribution in [0.4, 0.5) is 11.4 Å². The Kier molecular flexibility index (Phi) is 4.57. The average molecular weight is 374 g/mol. The standard InChI is InChI=1S/C18H16ClN3O2S/c19-13-2-4-16(22-5-7-24-8-6-22)15(10-13)21-18(23)12-1-3-14-17(9-12)25-11-20-14/h1-4,9-11H,5-8H2,(H,21,23). The topological polar surface area (TPSA) is 54.5 Å². The van der Waals surface area contributed by atoms with Gasteiger partial charge in [-0.05, 0) is 36.4 Å². The minimum atomic E-state index is -0.160. The molecule has 0 spiro atoms. The number of carbonyl (C=O) groups is 1. The number of aromatic nitrogens is 1. The van der Waals surface area contributed by atoms with Crippen molar-refractivity contribution in [1.82, 2.24) is 4.98 Å². The number of amides is 1. The number of hydrogen-bond donors (Lipinski definition) is 1. The van der Waals surface area contributed by atoms with E-state index in [9.17, 15) is 4.79 Å². The zero-order chi connectivity index (χ0) is 17.2. The van der Waals surface area contributed by atoms with E-state index < -0.39 is 0 Å². The predicted octanol–water partition coefficient (Wildman–Crippen LogP) is 4.04. The molecule has 0 radical (unpaired) electrons. The summed E-state index contributed by atoms with van der Waals surface area (Å²) in [5.41, 5.74) is 4.95. The number of anilines is 2. The zero-order valence-corrected chi connectivity index (χ0v) is 14.9. The Morgan fingerprint density at radius 3 is 2.88 bits per heavy atom. The summed E-state index contributed by atoms with van der Waals surface area (Å²) in [6.45, 7) is 2.94. The van der Waals surface area contributed by atoms with Crippen molar-refractivity contribution in [2.45, 2.75) is 0 Å². The van der Waals surface area contributed by atoms with Crippen molar-refractivity contribution in [3.8, 4) is 0 Å². The summed E-state index contributed by atoms with van der Waals surface area (Å²) in [6, 6.07) is 11.1. The van der Waals surface area contributed by atoms with Gasteiger partial charge in [0.25, 0.3) is 5.91 Å². The molecular weight excluding hydrogens is 358 g/mol. The van der Waals surface area contributed by atoms with E-state index in [1.807, 2.05) is 24.3 Å². The largest absolute Gasteiger partial charge is 0.378 e. The van der Waals surface area contributed by atoms with Crippen LogP contribution in [0.1, 0.15) is 10.4 Å². The number of fused-ring (bicyclic) bond motifs is 1. The number of nitrogens with one attached hydrogen (secondary N) is 1. The number of morpholine rings is 1. The van der Waals surface area contributed by atoms with Gasteiger partial charge >= 0.3 is 0 Å². The predicted molar refractivity (Wildman–Crippen MR) is 102 cm³/mol. The lowest BCUT2D eigenvalue weighted by molar-refractivity contribution is 0.102. The summed E-state index contributed by atoms with van der Waals surface area (Å²) in [5.74, 6) is -0.160. The molecule has 1 aliphatic rings. The number of thiazole rings is 1. The van der Waals surface area contributed by atoms with Crippen LogP contribution in [0.25, 0.3) is 10.2 Å². The summed E-state index contributed by atoms with van der Waals surface area (Å²) < 4.78 is 6.40. The molecule has 0 aliphatic carbocycles. The Morgan fingerprint density at radius 1 is 1.20 bits per heavy atom. The Labute approximate surface area is 154 Å². The third-order valence-electron chi connectivity index (χ3n) is 4.15. The molecule has 3 aromatic rings. The van der Waals surface area contributed by atoms with Crippen LogP contribution in [0.15, 0.2) is 41.9 Å². The van der Waals surface area contributed by atoms with Crippen molar-refractivity contribution < 1.29 is 9.53 Å². The van der Waals surface area contributed by atoms with Crippen LogP contribution in [-0.2, 0) is 4.74 Å². The second-order valence-corrected chi connectivity index (χ2v) is 7.07. The molecule has 0 saturated carbocycles. The van der Waals surface area contributed by atoms with E-state index in [0.717, 1.165) is 29.0 Å². The van der Waals surface area contributed by atoms with E-state index in [1.54, 1.807) is 17.6 Å². The van der Waals surface area contributed by atoms with Crippen molar-refractivity contribution in [2.75, 3.05) is 36.5 Å². The number of hydrogen-bond acceptors (Lipinski definition) is 5. The van der Waals surface area contributed by atoms with Crippen LogP contribution in [-0.4, -0.2) is 37.2 Å². The molecule has 1 amide bonds. The van der Waals surface area contributed by atoms with Crippen molar-refractivity contribution in [3.63, 3.8) is 0 Å². The van der Waals surface area contributed by atoms with Gasteiger partial charge in [0, 0.05) is 23.7 Å². The van der Waals surface area contributed by atoms with Gasteiger partial charge in [-0.2, -0.15) is 0 Å². The minimum absolute atomic E-state index is 0.160. The van der Waals surface area contributed by atoms with Gasteiger partial charge in [-0.1, -0.05) is 11.6 Å². The van der Waals surface area contributed by atoms with Crippen LogP contribution in [0, 0.1) is 0 Å². The number of nitrogens with zero attached hydrogens (tertiary/aromatic N) is 2. The highest BCUT2D eigenvalue weighted by Crippen LogP contribution is 2.30.